The maximum absolute atomic E-state index is 5.82. The predicted octanol–water partition coefficient (Wildman–Crippen LogP) is 2.53. The third-order valence-corrected chi connectivity index (χ3v) is 3.38. The highest BCUT2D eigenvalue weighted by molar-refractivity contribution is 5.95. The Morgan fingerprint density at radius 2 is 2.05 bits per heavy atom. The van der Waals surface area contributed by atoms with E-state index in [1.807, 2.05) is 25.3 Å². The molecule has 2 N–H and O–H groups in total. The molecule has 1 aromatic carbocycles. The lowest BCUT2D eigenvalue weighted by Gasteiger charge is -2.05. The van der Waals surface area contributed by atoms with Crippen LogP contribution in [0.5, 0.6) is 0 Å². The molecule has 0 spiro atoms. The Morgan fingerprint density at radius 1 is 1.25 bits per heavy atom. The molecule has 0 fully saturated rings. The molecular weight excluding hydrogens is 248 g/mol. The van der Waals surface area contributed by atoms with Crippen LogP contribution in [0.2, 0.25) is 0 Å². The van der Waals surface area contributed by atoms with Crippen molar-refractivity contribution in [2.45, 2.75) is 19.4 Å². The number of fused-ring (bicyclic) bond motifs is 1. The second-order valence-corrected chi connectivity index (χ2v) is 5.21. The molecule has 4 nitrogen and oxygen atoms in total. The maximum Gasteiger partial charge on any atom is 0.130 e. The van der Waals surface area contributed by atoms with Crippen LogP contribution in [0.25, 0.3) is 22.2 Å². The molecule has 0 aliphatic carbocycles. The minimum absolute atomic E-state index is 0.0674. The summed E-state index contributed by atoms with van der Waals surface area (Å²) in [5.74, 6) is 0.797. The molecule has 0 saturated carbocycles. The molecule has 3 aromatic rings. The summed E-state index contributed by atoms with van der Waals surface area (Å²) in [7, 11) is 2.05. The highest BCUT2D eigenvalue weighted by atomic mass is 14.9. The predicted molar refractivity (Wildman–Crippen MR) is 81.3 cm³/mol. The molecule has 1 unspecified atom stereocenters. The van der Waals surface area contributed by atoms with Crippen LogP contribution in [0.4, 0.5) is 0 Å². The lowest BCUT2D eigenvalue weighted by atomic mass is 10.1. The molecule has 102 valence electrons. The summed E-state index contributed by atoms with van der Waals surface area (Å²) in [6, 6.07) is 10.4. The number of nitrogens with two attached hydrogens (primary N) is 1. The van der Waals surface area contributed by atoms with Gasteiger partial charge in [0.1, 0.15) is 5.82 Å². The van der Waals surface area contributed by atoms with Crippen LogP contribution >= 0.6 is 0 Å². The van der Waals surface area contributed by atoms with Crippen molar-refractivity contribution < 1.29 is 0 Å². The summed E-state index contributed by atoms with van der Waals surface area (Å²) < 4.78 is 2.12. The van der Waals surface area contributed by atoms with E-state index in [0.29, 0.717) is 6.42 Å². The standard InChI is InChI=1S/C16H18N4/c1-11(17)9-16-18-8-7-14(19-16)13-10-20(2)15-6-4-3-5-12(13)15/h3-8,10-11H,9,17H2,1-2H3. The van der Waals surface area contributed by atoms with Crippen LogP contribution in [0.1, 0.15) is 12.7 Å². The van der Waals surface area contributed by atoms with Gasteiger partial charge in [0.15, 0.2) is 0 Å². The zero-order chi connectivity index (χ0) is 14.1. The van der Waals surface area contributed by atoms with E-state index in [2.05, 4.69) is 46.0 Å². The van der Waals surface area contributed by atoms with Gasteiger partial charge in [-0.15, -0.1) is 0 Å². The molecule has 20 heavy (non-hydrogen) atoms. The van der Waals surface area contributed by atoms with Crippen molar-refractivity contribution in [2.75, 3.05) is 0 Å². The van der Waals surface area contributed by atoms with E-state index in [9.17, 15) is 0 Å². The fourth-order valence-corrected chi connectivity index (χ4v) is 2.48. The average molecular weight is 266 g/mol. The van der Waals surface area contributed by atoms with Gasteiger partial charge in [0, 0.05) is 48.4 Å². The van der Waals surface area contributed by atoms with Gasteiger partial charge < -0.3 is 10.3 Å². The zero-order valence-corrected chi connectivity index (χ0v) is 11.7. The fourth-order valence-electron chi connectivity index (χ4n) is 2.48. The topological polar surface area (TPSA) is 56.7 Å². The Morgan fingerprint density at radius 3 is 2.85 bits per heavy atom. The van der Waals surface area contributed by atoms with Gasteiger partial charge in [-0.05, 0) is 19.1 Å². The smallest absolute Gasteiger partial charge is 0.130 e. The van der Waals surface area contributed by atoms with Crippen molar-refractivity contribution in [3.63, 3.8) is 0 Å². The Bertz CT molecular complexity index is 743. The molecule has 0 aliphatic rings. The van der Waals surface area contributed by atoms with Gasteiger partial charge in [0.2, 0.25) is 0 Å². The number of aromatic nitrogens is 3. The Balaban J connectivity index is 2.11. The number of benzene rings is 1. The van der Waals surface area contributed by atoms with Crippen molar-refractivity contribution in [1.29, 1.82) is 0 Å². The third kappa shape index (κ3) is 2.30. The second kappa shape index (κ2) is 5.06. The first-order valence-electron chi connectivity index (χ1n) is 6.77. The number of hydrogen-bond donors (Lipinski definition) is 1. The Kier molecular flexibility index (Phi) is 3.24. The first-order valence-corrected chi connectivity index (χ1v) is 6.77. The number of para-hydroxylation sites is 1. The van der Waals surface area contributed by atoms with Gasteiger partial charge >= 0.3 is 0 Å². The third-order valence-electron chi connectivity index (χ3n) is 3.38. The van der Waals surface area contributed by atoms with E-state index < -0.39 is 0 Å². The molecule has 0 radical (unpaired) electrons. The van der Waals surface area contributed by atoms with E-state index in [1.165, 1.54) is 10.9 Å². The van der Waals surface area contributed by atoms with Crippen molar-refractivity contribution in [2.24, 2.45) is 12.8 Å². The summed E-state index contributed by atoms with van der Waals surface area (Å²) in [6.45, 7) is 1.97. The fraction of sp³-hybridized carbons (Fsp3) is 0.250. The molecule has 3 rings (SSSR count). The van der Waals surface area contributed by atoms with Crippen LogP contribution in [0.3, 0.4) is 0 Å². The van der Waals surface area contributed by atoms with Crippen molar-refractivity contribution in [3.8, 4) is 11.3 Å². The van der Waals surface area contributed by atoms with Gasteiger partial charge in [-0.2, -0.15) is 0 Å². The Labute approximate surface area is 118 Å². The largest absolute Gasteiger partial charge is 0.350 e. The van der Waals surface area contributed by atoms with Gasteiger partial charge in [-0.3, -0.25) is 0 Å². The van der Waals surface area contributed by atoms with E-state index >= 15 is 0 Å². The monoisotopic (exact) mass is 266 g/mol. The van der Waals surface area contributed by atoms with Gasteiger partial charge in [-0.25, -0.2) is 9.97 Å². The van der Waals surface area contributed by atoms with Crippen LogP contribution < -0.4 is 5.73 Å². The summed E-state index contributed by atoms with van der Waals surface area (Å²) in [4.78, 5) is 8.94. The molecular formula is C16H18N4. The number of nitrogens with zero attached hydrogens (tertiary/aromatic N) is 3. The van der Waals surface area contributed by atoms with Crippen LogP contribution in [0.15, 0.2) is 42.7 Å². The SMILES string of the molecule is CC(N)Cc1nccc(-c2cn(C)c3ccccc23)n1. The summed E-state index contributed by atoms with van der Waals surface area (Å²) >= 11 is 0. The van der Waals surface area contributed by atoms with E-state index in [4.69, 9.17) is 5.73 Å². The maximum atomic E-state index is 5.82. The lowest BCUT2D eigenvalue weighted by molar-refractivity contribution is 0.702. The zero-order valence-electron chi connectivity index (χ0n) is 11.7. The van der Waals surface area contributed by atoms with Crippen LogP contribution in [-0.2, 0) is 13.5 Å². The highest BCUT2D eigenvalue weighted by Gasteiger charge is 2.10. The second-order valence-electron chi connectivity index (χ2n) is 5.21. The normalized spacial score (nSPS) is 12.8. The van der Waals surface area contributed by atoms with Crippen molar-refractivity contribution in [3.05, 3.63) is 48.5 Å². The highest BCUT2D eigenvalue weighted by Crippen LogP contribution is 2.28. The van der Waals surface area contributed by atoms with Gasteiger partial charge in [0.25, 0.3) is 0 Å². The molecule has 0 bridgehead atoms. The average Bonchev–Trinajstić information content (AvgIpc) is 2.76. The quantitative estimate of drug-likeness (QED) is 0.792. The number of rotatable bonds is 3. The van der Waals surface area contributed by atoms with Crippen LogP contribution in [-0.4, -0.2) is 20.6 Å². The van der Waals surface area contributed by atoms with Crippen molar-refractivity contribution >= 4 is 10.9 Å². The first kappa shape index (κ1) is 12.8. The lowest BCUT2D eigenvalue weighted by Crippen LogP contribution is -2.19. The van der Waals surface area contributed by atoms with Gasteiger partial charge in [-0.1, -0.05) is 18.2 Å². The van der Waals surface area contributed by atoms with Crippen molar-refractivity contribution in [1.82, 2.24) is 14.5 Å². The molecule has 4 heteroatoms. The van der Waals surface area contributed by atoms with Crippen LogP contribution in [0, 0.1) is 0 Å². The molecule has 2 aromatic heterocycles. The molecule has 0 aliphatic heterocycles. The molecule has 0 amide bonds. The molecule has 1 atom stereocenters. The van der Waals surface area contributed by atoms with E-state index in [-0.39, 0.29) is 6.04 Å². The van der Waals surface area contributed by atoms with Gasteiger partial charge in [0.05, 0.1) is 5.69 Å². The van der Waals surface area contributed by atoms with E-state index in [0.717, 1.165) is 17.1 Å². The molecule has 2 heterocycles. The molecule has 0 saturated heterocycles. The summed E-state index contributed by atoms with van der Waals surface area (Å²) in [5, 5.41) is 1.21. The van der Waals surface area contributed by atoms with E-state index in [1.54, 1.807) is 0 Å². The first-order chi connectivity index (χ1) is 9.65. The minimum atomic E-state index is 0.0674. The Hall–Kier alpha value is -2.20. The summed E-state index contributed by atoms with van der Waals surface area (Å²) in [5.41, 5.74) is 9.11. The minimum Gasteiger partial charge on any atom is -0.350 e. The number of hydrogen-bond acceptors (Lipinski definition) is 3. The number of aryl methyl sites for hydroxylation is 1. The summed E-state index contributed by atoms with van der Waals surface area (Å²) in [6.07, 6.45) is 4.61.